The Morgan fingerprint density at radius 1 is 1.71 bits per heavy atom. The number of nitrogens with two attached hydrogens (primary N) is 1. The average Bonchev–Trinajstić information content (AvgIpc) is 2.63. The van der Waals surface area contributed by atoms with Gasteiger partial charge in [-0.25, -0.2) is 0 Å². The standard InChI is InChI=1S/C10H17N5O2/c1-7-6-8(15(3)12-7)10(16)14(2)5-4-9(11)13-17/h6,17H,4-5H2,1-3H3,(H2,11,13). The van der Waals surface area contributed by atoms with Crippen molar-refractivity contribution in [3.05, 3.63) is 17.5 Å². The van der Waals surface area contributed by atoms with E-state index in [1.807, 2.05) is 6.92 Å². The molecule has 0 unspecified atom stereocenters. The van der Waals surface area contributed by atoms with Crippen molar-refractivity contribution >= 4 is 11.7 Å². The van der Waals surface area contributed by atoms with E-state index in [0.29, 0.717) is 18.7 Å². The molecule has 0 aliphatic carbocycles. The number of rotatable bonds is 4. The van der Waals surface area contributed by atoms with E-state index in [4.69, 9.17) is 10.9 Å². The molecular formula is C10H17N5O2. The molecule has 0 fully saturated rings. The van der Waals surface area contributed by atoms with Gasteiger partial charge >= 0.3 is 0 Å². The molecule has 0 aliphatic rings. The van der Waals surface area contributed by atoms with Crippen molar-refractivity contribution in [2.75, 3.05) is 13.6 Å². The lowest BCUT2D eigenvalue weighted by atomic mass is 10.3. The third-order valence-electron chi connectivity index (χ3n) is 2.40. The Morgan fingerprint density at radius 3 is 2.82 bits per heavy atom. The van der Waals surface area contributed by atoms with Crippen LogP contribution in [0.2, 0.25) is 0 Å². The molecule has 94 valence electrons. The summed E-state index contributed by atoms with van der Waals surface area (Å²) in [6.45, 7) is 2.21. The van der Waals surface area contributed by atoms with Crippen molar-refractivity contribution in [2.24, 2.45) is 17.9 Å². The average molecular weight is 239 g/mol. The van der Waals surface area contributed by atoms with Crippen molar-refractivity contribution in [1.82, 2.24) is 14.7 Å². The van der Waals surface area contributed by atoms with Crippen molar-refractivity contribution in [3.63, 3.8) is 0 Å². The van der Waals surface area contributed by atoms with Crippen LogP contribution in [0, 0.1) is 6.92 Å². The molecule has 1 rings (SSSR count). The van der Waals surface area contributed by atoms with Crippen LogP contribution in [0.5, 0.6) is 0 Å². The van der Waals surface area contributed by atoms with Gasteiger partial charge in [0, 0.05) is 27.1 Å². The predicted octanol–water partition coefficient (Wildman–Crippen LogP) is -0.0630. The number of carbonyl (C=O) groups is 1. The zero-order chi connectivity index (χ0) is 13.0. The smallest absolute Gasteiger partial charge is 0.271 e. The molecule has 0 radical (unpaired) electrons. The minimum absolute atomic E-state index is 0.103. The number of aryl methyl sites for hydroxylation is 2. The summed E-state index contributed by atoms with van der Waals surface area (Å²) in [5, 5.41) is 15.4. The molecule has 0 aliphatic heterocycles. The largest absolute Gasteiger partial charge is 0.409 e. The van der Waals surface area contributed by atoms with Crippen LogP contribution < -0.4 is 5.73 Å². The quantitative estimate of drug-likeness (QED) is 0.333. The van der Waals surface area contributed by atoms with Gasteiger partial charge in [-0.15, -0.1) is 0 Å². The van der Waals surface area contributed by atoms with Crippen LogP contribution in [0.15, 0.2) is 11.2 Å². The summed E-state index contributed by atoms with van der Waals surface area (Å²) in [4.78, 5) is 13.5. The lowest BCUT2D eigenvalue weighted by Gasteiger charge is -2.16. The summed E-state index contributed by atoms with van der Waals surface area (Å²) in [6, 6.07) is 1.72. The highest BCUT2D eigenvalue weighted by Crippen LogP contribution is 2.05. The minimum atomic E-state index is -0.140. The van der Waals surface area contributed by atoms with Gasteiger partial charge in [-0.05, 0) is 13.0 Å². The van der Waals surface area contributed by atoms with E-state index >= 15 is 0 Å². The SMILES string of the molecule is Cc1cc(C(=O)N(C)CCC(N)=NO)n(C)n1. The lowest BCUT2D eigenvalue weighted by molar-refractivity contribution is 0.0787. The Morgan fingerprint density at radius 2 is 2.35 bits per heavy atom. The Bertz CT molecular complexity index is 438. The monoisotopic (exact) mass is 239 g/mol. The first-order valence-corrected chi connectivity index (χ1v) is 5.18. The second-order valence-corrected chi connectivity index (χ2v) is 3.86. The van der Waals surface area contributed by atoms with E-state index in [2.05, 4.69) is 10.3 Å². The predicted molar refractivity (Wildman–Crippen MR) is 62.9 cm³/mol. The molecule has 17 heavy (non-hydrogen) atoms. The number of nitrogens with zero attached hydrogens (tertiary/aromatic N) is 4. The number of oxime groups is 1. The summed E-state index contributed by atoms with van der Waals surface area (Å²) in [5.74, 6) is -0.0373. The third kappa shape index (κ3) is 3.20. The fourth-order valence-electron chi connectivity index (χ4n) is 1.44. The van der Waals surface area contributed by atoms with Crippen LogP contribution >= 0.6 is 0 Å². The molecule has 0 bridgehead atoms. The highest BCUT2D eigenvalue weighted by Gasteiger charge is 2.16. The molecular weight excluding hydrogens is 222 g/mol. The van der Waals surface area contributed by atoms with Gasteiger partial charge in [0.25, 0.3) is 5.91 Å². The van der Waals surface area contributed by atoms with Crippen LogP contribution in [0.1, 0.15) is 22.6 Å². The maximum atomic E-state index is 12.0. The molecule has 3 N–H and O–H groups in total. The fraction of sp³-hybridized carbons (Fsp3) is 0.500. The van der Waals surface area contributed by atoms with E-state index in [-0.39, 0.29) is 11.7 Å². The van der Waals surface area contributed by atoms with Crippen LogP contribution in [0.3, 0.4) is 0 Å². The molecule has 1 amide bonds. The maximum Gasteiger partial charge on any atom is 0.271 e. The van der Waals surface area contributed by atoms with E-state index in [0.717, 1.165) is 5.69 Å². The first-order valence-electron chi connectivity index (χ1n) is 5.18. The maximum absolute atomic E-state index is 12.0. The highest BCUT2D eigenvalue weighted by molar-refractivity contribution is 5.92. The highest BCUT2D eigenvalue weighted by atomic mass is 16.4. The van der Waals surface area contributed by atoms with Crippen molar-refractivity contribution in [1.29, 1.82) is 0 Å². The molecule has 0 aromatic carbocycles. The lowest BCUT2D eigenvalue weighted by Crippen LogP contribution is -2.31. The Kier molecular flexibility index (Phi) is 4.08. The molecule has 1 aromatic rings. The zero-order valence-corrected chi connectivity index (χ0v) is 10.2. The Labute approximate surface area is 99.5 Å². The van der Waals surface area contributed by atoms with Crippen LogP contribution in [-0.2, 0) is 7.05 Å². The van der Waals surface area contributed by atoms with Gasteiger partial charge in [0.2, 0.25) is 0 Å². The van der Waals surface area contributed by atoms with Gasteiger partial charge in [-0.3, -0.25) is 9.48 Å². The number of aromatic nitrogens is 2. The minimum Gasteiger partial charge on any atom is -0.409 e. The first-order chi connectivity index (χ1) is 7.95. The van der Waals surface area contributed by atoms with Gasteiger partial charge in [0.1, 0.15) is 11.5 Å². The molecule has 0 atom stereocenters. The molecule has 1 heterocycles. The topological polar surface area (TPSA) is 96.7 Å². The summed E-state index contributed by atoms with van der Waals surface area (Å²) in [5.41, 5.74) is 6.65. The molecule has 0 saturated carbocycles. The van der Waals surface area contributed by atoms with E-state index in [1.54, 1.807) is 20.2 Å². The van der Waals surface area contributed by atoms with Crippen molar-refractivity contribution in [3.8, 4) is 0 Å². The Hall–Kier alpha value is -2.05. The fourth-order valence-corrected chi connectivity index (χ4v) is 1.44. The second kappa shape index (κ2) is 5.33. The van der Waals surface area contributed by atoms with Gasteiger partial charge in [-0.1, -0.05) is 5.16 Å². The van der Waals surface area contributed by atoms with Crippen molar-refractivity contribution < 1.29 is 10.0 Å². The van der Waals surface area contributed by atoms with Crippen LogP contribution in [-0.4, -0.2) is 45.2 Å². The van der Waals surface area contributed by atoms with Gasteiger partial charge < -0.3 is 15.8 Å². The van der Waals surface area contributed by atoms with Crippen LogP contribution in [0.4, 0.5) is 0 Å². The molecule has 7 nitrogen and oxygen atoms in total. The summed E-state index contributed by atoms with van der Waals surface area (Å²) in [7, 11) is 3.38. The molecule has 0 spiro atoms. The number of carbonyl (C=O) groups excluding carboxylic acids is 1. The van der Waals surface area contributed by atoms with E-state index < -0.39 is 0 Å². The van der Waals surface area contributed by atoms with Crippen molar-refractivity contribution in [2.45, 2.75) is 13.3 Å². The molecule has 7 heteroatoms. The number of hydrogen-bond donors (Lipinski definition) is 2. The number of amidine groups is 1. The summed E-state index contributed by atoms with van der Waals surface area (Å²) < 4.78 is 1.54. The summed E-state index contributed by atoms with van der Waals surface area (Å²) >= 11 is 0. The van der Waals surface area contributed by atoms with E-state index in [1.165, 1.54) is 9.58 Å². The second-order valence-electron chi connectivity index (χ2n) is 3.86. The first kappa shape index (κ1) is 13.0. The zero-order valence-electron chi connectivity index (χ0n) is 10.2. The number of amides is 1. The Balaban J connectivity index is 2.67. The van der Waals surface area contributed by atoms with Crippen LogP contribution in [0.25, 0.3) is 0 Å². The summed E-state index contributed by atoms with van der Waals surface area (Å²) in [6.07, 6.45) is 0.329. The number of hydrogen-bond acceptors (Lipinski definition) is 4. The third-order valence-corrected chi connectivity index (χ3v) is 2.40. The van der Waals surface area contributed by atoms with Gasteiger partial charge in [-0.2, -0.15) is 5.10 Å². The van der Waals surface area contributed by atoms with Gasteiger partial charge in [0.15, 0.2) is 0 Å². The van der Waals surface area contributed by atoms with E-state index in [9.17, 15) is 4.79 Å². The molecule has 1 aromatic heterocycles. The normalized spacial score (nSPS) is 11.6. The molecule has 0 saturated heterocycles. The van der Waals surface area contributed by atoms with Gasteiger partial charge in [0.05, 0.1) is 5.69 Å².